The third-order valence-electron chi connectivity index (χ3n) is 5.80. The fourth-order valence-corrected chi connectivity index (χ4v) is 7.95. The number of phenolic OH excluding ortho intramolecular Hbond substituents is 1. The van der Waals surface area contributed by atoms with Crippen LogP contribution in [0.2, 0.25) is 13.1 Å². The Morgan fingerprint density at radius 2 is 1.10 bits per heavy atom. The van der Waals surface area contributed by atoms with Gasteiger partial charge in [0.05, 0.1) is 8.07 Å². The van der Waals surface area contributed by atoms with Crippen LogP contribution in [0.4, 0.5) is 0 Å². The first kappa shape index (κ1) is 31.1. The summed E-state index contributed by atoms with van der Waals surface area (Å²) in [6.07, 6.45) is 0. The van der Waals surface area contributed by atoms with E-state index in [2.05, 4.69) is 80.6 Å². The Hall–Kier alpha value is -0.129. The molecule has 5 radical (unpaired) electrons. The molecule has 0 heterocycles. The zero-order chi connectivity index (χ0) is 22.6. The smallest absolute Gasteiger partial charge is 0.118 e. The molecule has 3 N–H and O–H groups in total. The number of aliphatic hydroxyl groups is 2. The van der Waals surface area contributed by atoms with Crippen molar-refractivity contribution in [1.29, 1.82) is 0 Å². The Balaban J connectivity index is 0. The van der Waals surface area contributed by atoms with Gasteiger partial charge < -0.3 is 15.3 Å². The minimum atomic E-state index is -1.99. The van der Waals surface area contributed by atoms with Crippen LogP contribution in [0.15, 0.2) is 12.1 Å². The van der Waals surface area contributed by atoms with Crippen LogP contribution in [0.5, 0.6) is 5.75 Å². The maximum Gasteiger partial charge on any atom is 0.118 e. The van der Waals surface area contributed by atoms with Crippen LogP contribution in [0.25, 0.3) is 0 Å². The van der Waals surface area contributed by atoms with Crippen LogP contribution in [-0.2, 0) is 27.1 Å². The molecule has 1 aromatic carbocycles. The van der Waals surface area contributed by atoms with E-state index in [9.17, 15) is 5.11 Å². The molecule has 0 spiro atoms. The first-order valence-corrected chi connectivity index (χ1v) is 12.8. The Kier molecular flexibility index (Phi) is 12.9. The van der Waals surface area contributed by atoms with Gasteiger partial charge in [0.2, 0.25) is 0 Å². The fourth-order valence-electron chi connectivity index (χ4n) is 4.12. The van der Waals surface area contributed by atoms with Gasteiger partial charge in [-0.1, -0.05) is 79.3 Å². The second-order valence-electron chi connectivity index (χ2n) is 8.96. The first-order chi connectivity index (χ1) is 12.8. The van der Waals surface area contributed by atoms with Gasteiger partial charge in [-0.15, -0.1) is 0 Å². The largest absolute Gasteiger partial charge is 0.508 e. The fraction of sp³-hybridized carbons (Fsp3) is 0.542. The Morgan fingerprint density at radius 1 is 0.724 bits per heavy atom. The molecule has 0 saturated heterocycles. The summed E-state index contributed by atoms with van der Waals surface area (Å²) in [5, 5.41) is 26.3. The van der Waals surface area contributed by atoms with Gasteiger partial charge in [-0.05, 0) is 52.3 Å². The summed E-state index contributed by atoms with van der Waals surface area (Å²) in [4.78, 5) is 0. The molecule has 0 aliphatic heterocycles. The monoisotopic (exact) mass is 453 g/mol. The van der Waals surface area contributed by atoms with Gasteiger partial charge in [-0.3, -0.25) is 0 Å². The minimum Gasteiger partial charge on any atom is -0.508 e. The van der Waals surface area contributed by atoms with Crippen LogP contribution in [0.3, 0.4) is 0 Å². The summed E-state index contributed by atoms with van der Waals surface area (Å²) in [7, 11) is 0.00867. The quantitative estimate of drug-likeness (QED) is 0.572. The average molecular weight is 454 g/mol. The van der Waals surface area contributed by atoms with E-state index in [0.717, 1.165) is 19.8 Å². The SMILES string of the molecule is CO.CO.C[C]1[C](C)[C](C)[C]([Si](C)(C)c2cc(C)cc(C(C)(C)C)c2O)[C]1C.[Ti]. The van der Waals surface area contributed by atoms with Crippen LogP contribution < -0.4 is 5.19 Å². The molecule has 163 valence electrons. The predicted octanol–water partition coefficient (Wildman–Crippen LogP) is 4.63. The van der Waals surface area contributed by atoms with Crippen molar-refractivity contribution in [2.45, 2.75) is 73.9 Å². The molecule has 1 aromatic rings. The van der Waals surface area contributed by atoms with Gasteiger partial charge in [-0.25, -0.2) is 0 Å². The van der Waals surface area contributed by atoms with Crippen LogP contribution in [0, 0.1) is 36.1 Å². The van der Waals surface area contributed by atoms with E-state index in [0.29, 0.717) is 5.75 Å². The Morgan fingerprint density at radius 3 is 1.45 bits per heavy atom. The number of benzene rings is 1. The first-order valence-electron chi connectivity index (χ1n) is 9.77. The van der Waals surface area contributed by atoms with E-state index < -0.39 is 8.07 Å². The predicted molar refractivity (Wildman–Crippen MR) is 124 cm³/mol. The molecule has 5 heteroatoms. The van der Waals surface area contributed by atoms with Crippen molar-refractivity contribution >= 4 is 13.3 Å². The minimum absolute atomic E-state index is 0. The van der Waals surface area contributed by atoms with E-state index in [1.54, 1.807) is 0 Å². The number of aliphatic hydroxyl groups excluding tert-OH is 2. The molecule has 0 bridgehead atoms. The van der Waals surface area contributed by atoms with Crippen LogP contribution >= 0.6 is 0 Å². The Bertz CT molecular complexity index is 611. The van der Waals surface area contributed by atoms with Crippen molar-refractivity contribution in [3.8, 4) is 5.75 Å². The van der Waals surface area contributed by atoms with E-state index >= 15 is 0 Å². The van der Waals surface area contributed by atoms with Gasteiger partial charge in [0.15, 0.2) is 0 Å². The van der Waals surface area contributed by atoms with Gasteiger partial charge in [0, 0.05) is 35.9 Å². The maximum atomic E-state index is 11.1. The van der Waals surface area contributed by atoms with Gasteiger partial charge in [-0.2, -0.15) is 0 Å². The molecule has 1 aliphatic rings. The second kappa shape index (κ2) is 12.0. The van der Waals surface area contributed by atoms with Crippen molar-refractivity contribution in [2.75, 3.05) is 14.2 Å². The molecule has 0 aromatic heterocycles. The molecule has 0 atom stereocenters. The summed E-state index contributed by atoms with van der Waals surface area (Å²) < 4.78 is 0. The molecule has 0 amide bonds. The standard InChI is InChI=1S/C22H33OSi.2CH4O.Ti/c1-13-11-18(22(6,7)8)20(23)19(12-13)24(9,10)21-16(4)14(2)15(3)17(21)5;2*1-2;/h11-12,23H,1-10H3;2*2H,1H3;. The average Bonchev–Trinajstić information content (AvgIpc) is 2.82. The molecule has 29 heavy (non-hydrogen) atoms. The van der Waals surface area contributed by atoms with Crippen molar-refractivity contribution in [3.63, 3.8) is 0 Å². The zero-order valence-corrected chi connectivity index (χ0v) is 23.1. The normalized spacial score (nSPS) is 17.2. The number of hydrogen-bond donors (Lipinski definition) is 3. The van der Waals surface area contributed by atoms with E-state index in [1.165, 1.54) is 40.0 Å². The summed E-state index contributed by atoms with van der Waals surface area (Å²) in [5.41, 5.74) is 3.74. The summed E-state index contributed by atoms with van der Waals surface area (Å²) in [6, 6.07) is 4.36. The molecule has 1 aliphatic carbocycles. The van der Waals surface area contributed by atoms with Crippen molar-refractivity contribution in [3.05, 3.63) is 52.5 Å². The molecule has 2 rings (SSSR count). The number of rotatable bonds is 2. The molecular weight excluding hydrogens is 412 g/mol. The second-order valence-corrected chi connectivity index (χ2v) is 13.2. The van der Waals surface area contributed by atoms with Crippen LogP contribution in [-0.4, -0.2) is 37.6 Å². The maximum absolute atomic E-state index is 11.1. The Labute approximate surface area is 196 Å². The number of phenols is 1. The van der Waals surface area contributed by atoms with Gasteiger partial charge in [0.1, 0.15) is 5.75 Å². The van der Waals surface area contributed by atoms with Crippen molar-refractivity contribution in [1.82, 2.24) is 0 Å². The topological polar surface area (TPSA) is 60.7 Å². The third-order valence-corrected chi connectivity index (χ3v) is 9.53. The molecular formula is C24H41O3SiTi. The van der Waals surface area contributed by atoms with Gasteiger partial charge >= 0.3 is 0 Å². The number of hydrogen-bond acceptors (Lipinski definition) is 3. The number of aryl methyl sites for hydroxylation is 1. The zero-order valence-electron chi connectivity index (χ0n) is 20.5. The molecule has 1 fully saturated rings. The van der Waals surface area contributed by atoms with Crippen molar-refractivity contribution < 1.29 is 37.0 Å². The molecule has 3 nitrogen and oxygen atoms in total. The van der Waals surface area contributed by atoms with Crippen molar-refractivity contribution in [2.24, 2.45) is 0 Å². The summed E-state index contributed by atoms with van der Waals surface area (Å²) in [5.74, 6) is 6.16. The molecule has 0 unspecified atom stereocenters. The van der Waals surface area contributed by atoms with E-state index in [4.69, 9.17) is 10.2 Å². The third kappa shape index (κ3) is 6.43. The van der Waals surface area contributed by atoms with E-state index in [-0.39, 0.29) is 27.1 Å². The summed E-state index contributed by atoms with van der Waals surface area (Å²) >= 11 is 0. The van der Waals surface area contributed by atoms with Crippen LogP contribution in [0.1, 0.15) is 59.6 Å². The molecule has 1 saturated carbocycles. The van der Waals surface area contributed by atoms with E-state index in [1.807, 2.05) is 0 Å². The van der Waals surface area contributed by atoms with Gasteiger partial charge in [0.25, 0.3) is 0 Å². The number of aromatic hydroxyl groups is 1. The summed E-state index contributed by atoms with van der Waals surface area (Å²) in [6.45, 7) is 22.4.